The zero-order valence-corrected chi connectivity index (χ0v) is 16.3. The summed E-state index contributed by atoms with van der Waals surface area (Å²) in [5.41, 5.74) is 3.27. The molecule has 1 saturated carbocycles. The van der Waals surface area contributed by atoms with Crippen molar-refractivity contribution in [3.8, 4) is 11.1 Å². The van der Waals surface area contributed by atoms with Gasteiger partial charge in [-0.1, -0.05) is 0 Å². The Bertz CT molecular complexity index is 845. The summed E-state index contributed by atoms with van der Waals surface area (Å²) in [6.07, 6.45) is 12.3. The molecule has 6 nitrogen and oxygen atoms in total. The lowest BCUT2D eigenvalue weighted by Crippen LogP contribution is -2.40. The third kappa shape index (κ3) is 3.48. The van der Waals surface area contributed by atoms with Crippen molar-refractivity contribution in [1.82, 2.24) is 19.9 Å². The summed E-state index contributed by atoms with van der Waals surface area (Å²) in [7, 11) is 0. The molecule has 1 atom stereocenters. The maximum absolute atomic E-state index is 12.6. The second-order valence-electron chi connectivity index (χ2n) is 8.30. The lowest BCUT2D eigenvalue weighted by atomic mass is 9.90. The number of amides is 1. The molecule has 4 heterocycles. The summed E-state index contributed by atoms with van der Waals surface area (Å²) in [6.45, 7) is 3.74. The van der Waals surface area contributed by atoms with Crippen LogP contribution in [-0.2, 0) is 4.79 Å². The van der Waals surface area contributed by atoms with E-state index in [0.29, 0.717) is 5.91 Å². The highest BCUT2D eigenvalue weighted by Gasteiger charge is 2.36. The van der Waals surface area contributed by atoms with E-state index in [1.54, 1.807) is 0 Å². The SMILES string of the molecule is O=C(C1CC1)N1CCCC(c2nc(N3CCCC3)ncc2-c2ccncc2)C1. The fourth-order valence-corrected chi connectivity index (χ4v) is 4.51. The molecule has 0 aromatic carbocycles. The van der Waals surface area contributed by atoms with Crippen LogP contribution < -0.4 is 4.90 Å². The first kappa shape index (κ1) is 17.6. The minimum atomic E-state index is 0.268. The Balaban J connectivity index is 1.49. The summed E-state index contributed by atoms with van der Waals surface area (Å²) in [5.74, 6) is 1.74. The van der Waals surface area contributed by atoms with Gasteiger partial charge >= 0.3 is 0 Å². The van der Waals surface area contributed by atoms with Crippen LogP contribution in [0.3, 0.4) is 0 Å². The number of hydrogen-bond acceptors (Lipinski definition) is 5. The first-order valence-electron chi connectivity index (χ1n) is 10.6. The van der Waals surface area contributed by atoms with Gasteiger partial charge in [0.15, 0.2) is 0 Å². The Hall–Kier alpha value is -2.50. The van der Waals surface area contributed by atoms with Crippen LogP contribution in [0.4, 0.5) is 5.95 Å². The molecule has 2 aromatic rings. The third-order valence-electron chi connectivity index (χ3n) is 6.23. The van der Waals surface area contributed by atoms with E-state index in [9.17, 15) is 4.79 Å². The number of aromatic nitrogens is 3. The maximum Gasteiger partial charge on any atom is 0.225 e. The molecule has 2 aliphatic heterocycles. The van der Waals surface area contributed by atoms with Gasteiger partial charge in [0.25, 0.3) is 0 Å². The van der Waals surface area contributed by atoms with Gasteiger partial charge in [-0.25, -0.2) is 9.97 Å². The fourth-order valence-electron chi connectivity index (χ4n) is 4.51. The van der Waals surface area contributed by atoms with E-state index in [1.807, 2.05) is 30.7 Å². The van der Waals surface area contributed by atoms with Gasteiger partial charge in [-0.05, 0) is 56.2 Å². The van der Waals surface area contributed by atoms with Crippen molar-refractivity contribution in [1.29, 1.82) is 0 Å². The molecule has 0 bridgehead atoms. The van der Waals surface area contributed by atoms with Crippen LogP contribution in [0.15, 0.2) is 30.7 Å². The van der Waals surface area contributed by atoms with Gasteiger partial charge in [0.05, 0.1) is 5.69 Å². The second kappa shape index (κ2) is 7.49. The average Bonchev–Trinajstić information content (AvgIpc) is 3.47. The molecular formula is C22H27N5O. The molecule has 0 N–H and O–H groups in total. The Morgan fingerprint density at radius 1 is 1.00 bits per heavy atom. The largest absolute Gasteiger partial charge is 0.342 e. The average molecular weight is 377 g/mol. The molecule has 0 radical (unpaired) electrons. The predicted molar refractivity (Wildman–Crippen MR) is 108 cm³/mol. The van der Waals surface area contributed by atoms with Crippen molar-refractivity contribution in [2.24, 2.45) is 5.92 Å². The monoisotopic (exact) mass is 377 g/mol. The van der Waals surface area contributed by atoms with E-state index in [1.165, 1.54) is 12.8 Å². The number of carbonyl (C=O) groups is 1. The highest BCUT2D eigenvalue weighted by molar-refractivity contribution is 5.81. The molecular weight excluding hydrogens is 350 g/mol. The Morgan fingerprint density at radius 2 is 1.79 bits per heavy atom. The van der Waals surface area contributed by atoms with E-state index in [4.69, 9.17) is 9.97 Å². The maximum atomic E-state index is 12.6. The lowest BCUT2D eigenvalue weighted by molar-refractivity contribution is -0.133. The van der Waals surface area contributed by atoms with Gasteiger partial charge in [0, 0.05) is 62.2 Å². The van der Waals surface area contributed by atoms with Gasteiger partial charge in [-0.15, -0.1) is 0 Å². The van der Waals surface area contributed by atoms with Crippen molar-refractivity contribution < 1.29 is 4.79 Å². The van der Waals surface area contributed by atoms with E-state index < -0.39 is 0 Å². The van der Waals surface area contributed by atoms with Crippen molar-refractivity contribution in [3.63, 3.8) is 0 Å². The van der Waals surface area contributed by atoms with E-state index in [0.717, 1.165) is 74.6 Å². The zero-order valence-electron chi connectivity index (χ0n) is 16.3. The molecule has 2 aromatic heterocycles. The quantitative estimate of drug-likeness (QED) is 0.818. The van der Waals surface area contributed by atoms with E-state index in [2.05, 4.69) is 14.8 Å². The number of nitrogens with zero attached hydrogens (tertiary/aromatic N) is 5. The van der Waals surface area contributed by atoms with E-state index in [-0.39, 0.29) is 11.8 Å². The number of rotatable bonds is 4. The highest BCUT2D eigenvalue weighted by atomic mass is 16.2. The normalized spacial score (nSPS) is 22.5. The number of carbonyl (C=O) groups excluding carboxylic acids is 1. The number of pyridine rings is 1. The van der Waals surface area contributed by atoms with Crippen molar-refractivity contribution >= 4 is 11.9 Å². The summed E-state index contributed by atoms with van der Waals surface area (Å²) < 4.78 is 0. The Kier molecular flexibility index (Phi) is 4.71. The molecule has 146 valence electrons. The molecule has 1 aliphatic carbocycles. The molecule has 1 amide bonds. The molecule has 1 unspecified atom stereocenters. The summed E-state index contributed by atoms with van der Waals surface area (Å²) in [5, 5.41) is 0. The van der Waals surface area contributed by atoms with Crippen molar-refractivity contribution in [2.75, 3.05) is 31.1 Å². The topological polar surface area (TPSA) is 62.2 Å². The first-order valence-corrected chi connectivity index (χ1v) is 10.6. The van der Waals surface area contributed by atoms with Crippen LogP contribution in [0, 0.1) is 5.92 Å². The third-order valence-corrected chi connectivity index (χ3v) is 6.23. The molecule has 6 heteroatoms. The minimum absolute atomic E-state index is 0.268. The summed E-state index contributed by atoms with van der Waals surface area (Å²) in [6, 6.07) is 4.04. The molecule has 3 aliphatic rings. The van der Waals surface area contributed by atoms with Crippen LogP contribution in [0.5, 0.6) is 0 Å². The van der Waals surface area contributed by atoms with Crippen molar-refractivity contribution in [2.45, 2.75) is 44.4 Å². The van der Waals surface area contributed by atoms with Crippen LogP contribution in [-0.4, -0.2) is 51.9 Å². The number of hydrogen-bond donors (Lipinski definition) is 0. The van der Waals surface area contributed by atoms with Gasteiger partial charge in [-0.2, -0.15) is 0 Å². The van der Waals surface area contributed by atoms with E-state index >= 15 is 0 Å². The fraction of sp³-hybridized carbons (Fsp3) is 0.545. The van der Waals surface area contributed by atoms with Crippen molar-refractivity contribution in [3.05, 3.63) is 36.4 Å². The van der Waals surface area contributed by atoms with Gasteiger partial charge in [0.1, 0.15) is 0 Å². The Morgan fingerprint density at radius 3 is 2.54 bits per heavy atom. The molecule has 2 saturated heterocycles. The predicted octanol–water partition coefficient (Wildman–Crippen LogP) is 3.25. The summed E-state index contributed by atoms with van der Waals surface area (Å²) in [4.78, 5) is 30.9. The zero-order chi connectivity index (χ0) is 18.9. The number of likely N-dealkylation sites (tertiary alicyclic amines) is 1. The van der Waals surface area contributed by atoms with Crippen LogP contribution >= 0.6 is 0 Å². The van der Waals surface area contributed by atoms with Crippen LogP contribution in [0.25, 0.3) is 11.1 Å². The molecule has 0 spiro atoms. The van der Waals surface area contributed by atoms with Gasteiger partial charge in [-0.3, -0.25) is 9.78 Å². The van der Waals surface area contributed by atoms with Gasteiger partial charge < -0.3 is 9.80 Å². The summed E-state index contributed by atoms with van der Waals surface area (Å²) >= 11 is 0. The molecule has 3 fully saturated rings. The second-order valence-corrected chi connectivity index (χ2v) is 8.30. The molecule has 28 heavy (non-hydrogen) atoms. The minimum Gasteiger partial charge on any atom is -0.342 e. The smallest absolute Gasteiger partial charge is 0.225 e. The number of piperidine rings is 1. The van der Waals surface area contributed by atoms with Crippen LogP contribution in [0.1, 0.15) is 50.1 Å². The lowest BCUT2D eigenvalue weighted by Gasteiger charge is -2.33. The standard InChI is InChI=1S/C22H27N5O/c28-21(17-5-6-17)27-13-3-4-18(15-27)20-19(16-7-9-23-10-8-16)14-24-22(25-20)26-11-1-2-12-26/h7-10,14,17-18H,1-6,11-13,15H2. The number of anilines is 1. The molecule has 5 rings (SSSR count). The Labute approximate surface area is 166 Å². The first-order chi connectivity index (χ1) is 13.8. The van der Waals surface area contributed by atoms with Crippen LogP contribution in [0.2, 0.25) is 0 Å². The van der Waals surface area contributed by atoms with Gasteiger partial charge in [0.2, 0.25) is 11.9 Å². The highest BCUT2D eigenvalue weighted by Crippen LogP contribution is 2.37.